The Morgan fingerprint density at radius 3 is 2.43 bits per heavy atom. The summed E-state index contributed by atoms with van der Waals surface area (Å²) < 4.78 is 28.2. The molecule has 37 heavy (non-hydrogen) atoms. The van der Waals surface area contributed by atoms with E-state index in [1.165, 1.54) is 22.0 Å². The van der Waals surface area contributed by atoms with E-state index in [0.717, 1.165) is 44.0 Å². The number of piperazine rings is 2. The number of carbonyl (C=O) groups excluding carboxylic acids is 1. The molecule has 0 spiro atoms. The van der Waals surface area contributed by atoms with E-state index in [4.69, 9.17) is 5.26 Å². The quantitative estimate of drug-likeness (QED) is 0.570. The van der Waals surface area contributed by atoms with Crippen LogP contribution in [0.3, 0.4) is 0 Å². The second-order valence-electron chi connectivity index (χ2n) is 10.0. The second-order valence-corrected chi connectivity index (χ2v) is 11.9. The summed E-state index contributed by atoms with van der Waals surface area (Å²) in [4.78, 5) is 17.5. The van der Waals surface area contributed by atoms with E-state index in [1.807, 2.05) is 43.9 Å². The first kappa shape index (κ1) is 27.2. The number of rotatable bonds is 7. The fraction of sp³-hybridized carbons (Fsp3) is 0.481. The average molecular weight is 525 g/mol. The van der Waals surface area contributed by atoms with Gasteiger partial charge in [0.2, 0.25) is 15.9 Å². The van der Waals surface area contributed by atoms with Crippen molar-refractivity contribution in [3.63, 3.8) is 0 Å². The van der Waals surface area contributed by atoms with Crippen LogP contribution >= 0.6 is 0 Å². The molecule has 1 unspecified atom stereocenters. The molecule has 2 aromatic rings. The first-order valence-electron chi connectivity index (χ1n) is 12.8. The highest BCUT2D eigenvalue weighted by Crippen LogP contribution is 2.26. The molecule has 10 heteroatoms. The number of amides is 1. The third kappa shape index (κ3) is 6.37. The number of nitrogens with zero attached hydrogens (tertiary/aromatic N) is 4. The molecule has 2 aromatic carbocycles. The summed E-state index contributed by atoms with van der Waals surface area (Å²) >= 11 is 0. The van der Waals surface area contributed by atoms with Gasteiger partial charge >= 0.3 is 0 Å². The Kier molecular flexibility index (Phi) is 8.62. The van der Waals surface area contributed by atoms with Crippen LogP contribution in [0.2, 0.25) is 0 Å². The summed E-state index contributed by atoms with van der Waals surface area (Å²) in [6.07, 6.45) is 0. The van der Waals surface area contributed by atoms with Gasteiger partial charge in [-0.2, -0.15) is 9.57 Å². The van der Waals surface area contributed by atoms with Gasteiger partial charge in [-0.3, -0.25) is 14.6 Å². The number of carbonyl (C=O) groups is 1. The smallest absolute Gasteiger partial charge is 0.243 e. The van der Waals surface area contributed by atoms with Crippen molar-refractivity contribution in [2.45, 2.75) is 44.3 Å². The van der Waals surface area contributed by atoms with Gasteiger partial charge in [-0.05, 0) is 56.2 Å². The Morgan fingerprint density at radius 1 is 1.08 bits per heavy atom. The minimum atomic E-state index is -3.77. The van der Waals surface area contributed by atoms with Gasteiger partial charge in [0.25, 0.3) is 0 Å². The van der Waals surface area contributed by atoms with Crippen molar-refractivity contribution >= 4 is 21.6 Å². The van der Waals surface area contributed by atoms with E-state index in [2.05, 4.69) is 21.6 Å². The number of hydrogen-bond acceptors (Lipinski definition) is 7. The highest BCUT2D eigenvalue weighted by atomic mass is 32.2. The lowest BCUT2D eigenvalue weighted by Gasteiger charge is -2.43. The van der Waals surface area contributed by atoms with Crippen LogP contribution in [0.4, 0.5) is 5.69 Å². The summed E-state index contributed by atoms with van der Waals surface area (Å²) in [6.45, 7) is 11.7. The molecule has 0 aromatic heterocycles. The number of hydrogen-bond donors (Lipinski definition) is 2. The van der Waals surface area contributed by atoms with Gasteiger partial charge < -0.3 is 10.6 Å². The number of sulfonamides is 1. The second kappa shape index (κ2) is 11.7. The average Bonchev–Trinajstić information content (AvgIpc) is 2.86. The van der Waals surface area contributed by atoms with Crippen LogP contribution in [0.1, 0.15) is 30.5 Å². The first-order chi connectivity index (χ1) is 17.7. The monoisotopic (exact) mass is 524 g/mol. The van der Waals surface area contributed by atoms with Gasteiger partial charge in [-0.1, -0.05) is 18.2 Å². The van der Waals surface area contributed by atoms with Crippen LogP contribution in [0.25, 0.3) is 0 Å². The van der Waals surface area contributed by atoms with Gasteiger partial charge in [-0.15, -0.1) is 0 Å². The molecule has 0 radical (unpaired) electrons. The third-order valence-corrected chi connectivity index (χ3v) is 9.27. The molecule has 0 bridgehead atoms. The fourth-order valence-corrected chi connectivity index (χ4v) is 7.21. The van der Waals surface area contributed by atoms with E-state index >= 15 is 0 Å². The largest absolute Gasteiger partial charge is 0.325 e. The summed E-state index contributed by atoms with van der Waals surface area (Å²) in [6, 6.07) is 13.5. The van der Waals surface area contributed by atoms with E-state index in [0.29, 0.717) is 18.7 Å². The van der Waals surface area contributed by atoms with Crippen molar-refractivity contribution in [3.8, 4) is 6.07 Å². The Hall–Kier alpha value is -2.81. The van der Waals surface area contributed by atoms with Crippen molar-refractivity contribution in [3.05, 3.63) is 59.2 Å². The molecule has 2 atom stereocenters. The van der Waals surface area contributed by atoms with Gasteiger partial charge in [0.15, 0.2) is 0 Å². The fourth-order valence-electron chi connectivity index (χ4n) is 5.36. The SMILES string of the molecule is Cc1c(CN2CCNCC2)cccc1NC(=O)CN1CC(C)N(S(=O)(=O)c2cccc(C#N)c2)[C@@H](C)C1. The zero-order valence-corrected chi connectivity index (χ0v) is 22.6. The van der Waals surface area contributed by atoms with Gasteiger partial charge in [0.05, 0.1) is 23.1 Å². The maximum atomic E-state index is 13.4. The zero-order chi connectivity index (χ0) is 26.6. The molecule has 2 saturated heterocycles. The van der Waals surface area contributed by atoms with Gasteiger partial charge in [0.1, 0.15) is 0 Å². The molecule has 198 valence electrons. The predicted molar refractivity (Wildman–Crippen MR) is 144 cm³/mol. The lowest BCUT2D eigenvalue weighted by atomic mass is 10.1. The van der Waals surface area contributed by atoms with Crippen molar-refractivity contribution in [2.24, 2.45) is 0 Å². The number of benzene rings is 2. The minimum Gasteiger partial charge on any atom is -0.325 e. The van der Waals surface area contributed by atoms with Crippen molar-refractivity contribution in [2.75, 3.05) is 51.1 Å². The summed E-state index contributed by atoms with van der Waals surface area (Å²) in [5.41, 5.74) is 3.41. The van der Waals surface area contributed by atoms with Gasteiger partial charge in [-0.25, -0.2) is 8.42 Å². The molecule has 2 aliphatic rings. The van der Waals surface area contributed by atoms with Crippen LogP contribution in [0.15, 0.2) is 47.4 Å². The summed E-state index contributed by atoms with van der Waals surface area (Å²) in [7, 11) is -3.77. The van der Waals surface area contributed by atoms with Crippen LogP contribution < -0.4 is 10.6 Å². The highest BCUT2D eigenvalue weighted by Gasteiger charge is 2.39. The van der Waals surface area contributed by atoms with Crippen molar-refractivity contribution in [1.82, 2.24) is 19.4 Å². The number of nitriles is 1. The topological polar surface area (TPSA) is 109 Å². The van der Waals surface area contributed by atoms with Crippen molar-refractivity contribution in [1.29, 1.82) is 5.26 Å². The summed E-state index contributed by atoms with van der Waals surface area (Å²) in [5, 5.41) is 15.6. The first-order valence-corrected chi connectivity index (χ1v) is 14.2. The van der Waals surface area contributed by atoms with E-state index in [1.54, 1.807) is 12.1 Å². The molecule has 2 heterocycles. The Balaban J connectivity index is 1.38. The van der Waals surface area contributed by atoms with Crippen molar-refractivity contribution < 1.29 is 13.2 Å². The zero-order valence-electron chi connectivity index (χ0n) is 21.8. The Labute approximate surface area is 220 Å². The molecule has 0 aliphatic carbocycles. The van der Waals surface area contributed by atoms with Crippen LogP contribution in [-0.4, -0.2) is 86.3 Å². The summed E-state index contributed by atoms with van der Waals surface area (Å²) in [5.74, 6) is -0.111. The predicted octanol–water partition coefficient (Wildman–Crippen LogP) is 1.99. The van der Waals surface area contributed by atoms with Crippen LogP contribution in [-0.2, 0) is 21.4 Å². The van der Waals surface area contributed by atoms with E-state index in [-0.39, 0.29) is 29.4 Å². The molecule has 2 aliphatic heterocycles. The molecule has 4 rings (SSSR count). The maximum Gasteiger partial charge on any atom is 0.243 e. The lowest BCUT2D eigenvalue weighted by Crippen LogP contribution is -2.59. The Bertz CT molecular complexity index is 1260. The molecule has 1 amide bonds. The molecule has 0 saturated carbocycles. The third-order valence-electron chi connectivity index (χ3n) is 7.14. The Morgan fingerprint density at radius 2 is 1.76 bits per heavy atom. The molecule has 9 nitrogen and oxygen atoms in total. The highest BCUT2D eigenvalue weighted by molar-refractivity contribution is 7.89. The van der Waals surface area contributed by atoms with Gasteiger partial charge in [0, 0.05) is 63.6 Å². The maximum absolute atomic E-state index is 13.4. The molecular weight excluding hydrogens is 488 g/mol. The van der Waals surface area contributed by atoms with Crippen LogP contribution in [0.5, 0.6) is 0 Å². The number of nitrogens with one attached hydrogen (secondary N) is 2. The van der Waals surface area contributed by atoms with Crippen LogP contribution in [0, 0.1) is 18.3 Å². The normalized spacial score (nSPS) is 21.9. The molecule has 2 fully saturated rings. The van der Waals surface area contributed by atoms with E-state index < -0.39 is 10.0 Å². The van der Waals surface area contributed by atoms with E-state index in [9.17, 15) is 13.2 Å². The molecule has 2 N–H and O–H groups in total. The standard InChI is InChI=1S/C27H36N6O3S/c1-20-16-32(17-21(2)33(20)37(35,36)25-8-4-6-23(14-25)15-28)19-27(34)30-26-9-5-7-24(22(26)3)18-31-12-10-29-11-13-31/h4-9,14,20-21,29H,10-13,16-19H2,1-3H3,(H,30,34)/t20-,21?/m0/s1. The lowest BCUT2D eigenvalue weighted by molar-refractivity contribution is -0.118. The minimum absolute atomic E-state index is 0.111. The number of anilines is 1. The molecular formula is C27H36N6O3S.